The lowest BCUT2D eigenvalue weighted by Crippen LogP contribution is -2.40. The summed E-state index contributed by atoms with van der Waals surface area (Å²) in [7, 11) is -4.11. The lowest BCUT2D eigenvalue weighted by molar-refractivity contribution is -0.119. The average Bonchev–Trinajstić information content (AvgIpc) is 3.00. The molecule has 1 aromatic heterocycles. The van der Waals surface area contributed by atoms with Crippen LogP contribution in [0.3, 0.4) is 0 Å². The smallest absolute Gasteiger partial charge is 0.345 e. The van der Waals surface area contributed by atoms with Gasteiger partial charge >= 0.3 is 10.2 Å². The molecule has 0 amide bonds. The molecule has 1 aliphatic rings. The molecule has 0 atom stereocenters. The van der Waals surface area contributed by atoms with Gasteiger partial charge in [0.15, 0.2) is 0 Å². The van der Waals surface area contributed by atoms with Gasteiger partial charge in [0.05, 0.1) is 18.8 Å². The molecule has 1 N–H and O–H groups in total. The van der Waals surface area contributed by atoms with Gasteiger partial charge in [-0.25, -0.2) is 9.29 Å². The Balaban J connectivity index is 2.33. The number of ether oxygens (including phenoxy) is 1. The average molecular weight is 373 g/mol. The molecule has 0 saturated heterocycles. The van der Waals surface area contributed by atoms with Crippen LogP contribution in [0, 0.1) is 0 Å². The number of aliphatic hydroxyl groups is 1. The van der Waals surface area contributed by atoms with Crippen LogP contribution in [-0.4, -0.2) is 59.7 Å². The summed E-state index contributed by atoms with van der Waals surface area (Å²) in [5.74, 6) is -0.710. The molecule has 2 heterocycles. The molecular formula is C14H19N3O5S2. The summed E-state index contributed by atoms with van der Waals surface area (Å²) < 4.78 is 35.0. The fourth-order valence-corrected chi connectivity index (χ4v) is 3.80. The molecule has 0 bridgehead atoms. The molecule has 0 aliphatic carbocycles. The Kier molecular flexibility index (Phi) is 5.53. The summed E-state index contributed by atoms with van der Waals surface area (Å²) in [4.78, 5) is 16.0. The number of aromatic nitrogens is 1. The zero-order valence-electron chi connectivity index (χ0n) is 13.6. The minimum absolute atomic E-state index is 0.0776. The third kappa shape index (κ3) is 4.47. The highest BCUT2D eigenvalue weighted by Crippen LogP contribution is 2.23. The molecule has 1 aliphatic heterocycles. The van der Waals surface area contributed by atoms with Gasteiger partial charge in [0, 0.05) is 11.6 Å². The van der Waals surface area contributed by atoms with Crippen molar-refractivity contribution in [2.45, 2.75) is 26.4 Å². The molecular weight excluding hydrogens is 354 g/mol. The molecule has 2 rings (SSSR count). The second-order valence-corrected chi connectivity index (χ2v) is 8.35. The summed E-state index contributed by atoms with van der Waals surface area (Å²) in [5, 5.41) is 11.2. The third-order valence-corrected chi connectivity index (χ3v) is 5.10. The molecule has 1 aromatic rings. The van der Waals surface area contributed by atoms with Gasteiger partial charge in [-0.05, 0) is 26.8 Å². The Morgan fingerprint density at radius 3 is 2.67 bits per heavy atom. The van der Waals surface area contributed by atoms with E-state index in [0.29, 0.717) is 5.01 Å². The standard InChI is InChI=1S/C14H19N3O5S2/c1-14(2,3)22-6-5-17-11(12(19)9-18)8-10(16-24(17,20)21)13-15-4-7-23-13/h4,7-8,18H,5-6,9H2,1-3H3. The highest BCUT2D eigenvalue weighted by molar-refractivity contribution is 7.88. The van der Waals surface area contributed by atoms with Crippen LogP contribution in [-0.2, 0) is 19.7 Å². The first-order valence-electron chi connectivity index (χ1n) is 7.16. The van der Waals surface area contributed by atoms with Crippen molar-refractivity contribution in [3.05, 3.63) is 28.4 Å². The molecule has 0 aromatic carbocycles. The summed E-state index contributed by atoms with van der Waals surface area (Å²) in [5.41, 5.74) is -0.510. The largest absolute Gasteiger partial charge is 0.388 e. The van der Waals surface area contributed by atoms with E-state index in [9.17, 15) is 13.2 Å². The van der Waals surface area contributed by atoms with Gasteiger partial charge in [-0.3, -0.25) is 4.79 Å². The molecule has 24 heavy (non-hydrogen) atoms. The van der Waals surface area contributed by atoms with Crippen LogP contribution < -0.4 is 0 Å². The maximum absolute atomic E-state index is 12.5. The monoisotopic (exact) mass is 373 g/mol. The van der Waals surface area contributed by atoms with E-state index >= 15 is 0 Å². The first-order valence-corrected chi connectivity index (χ1v) is 9.44. The van der Waals surface area contributed by atoms with E-state index in [1.807, 2.05) is 20.8 Å². The minimum atomic E-state index is -4.11. The van der Waals surface area contributed by atoms with Crippen LogP contribution in [0.15, 0.2) is 27.7 Å². The molecule has 0 radical (unpaired) electrons. The fraction of sp³-hybridized carbons (Fsp3) is 0.500. The number of thiazole rings is 1. The number of carbonyl (C=O) groups is 1. The van der Waals surface area contributed by atoms with Crippen LogP contribution in [0.1, 0.15) is 25.8 Å². The molecule has 0 spiro atoms. The van der Waals surface area contributed by atoms with Crippen molar-refractivity contribution >= 4 is 33.0 Å². The van der Waals surface area contributed by atoms with E-state index in [2.05, 4.69) is 9.38 Å². The van der Waals surface area contributed by atoms with Gasteiger partial charge < -0.3 is 9.84 Å². The Labute approximate surface area is 144 Å². The van der Waals surface area contributed by atoms with Crippen molar-refractivity contribution < 1.29 is 23.1 Å². The number of allylic oxidation sites excluding steroid dienone is 1. The number of carbonyl (C=O) groups excluding carboxylic acids is 1. The van der Waals surface area contributed by atoms with E-state index in [-0.39, 0.29) is 24.6 Å². The number of rotatable bonds is 6. The van der Waals surface area contributed by atoms with E-state index in [0.717, 1.165) is 4.31 Å². The SMILES string of the molecule is CC(C)(C)OCCN1C(C(=O)CO)=CC(c2nccs2)=NS1(=O)=O. The second-order valence-electron chi connectivity index (χ2n) is 5.94. The van der Waals surface area contributed by atoms with Crippen molar-refractivity contribution in [3.63, 3.8) is 0 Å². The Hall–Kier alpha value is -1.62. The lowest BCUT2D eigenvalue weighted by Gasteiger charge is -2.28. The number of aliphatic hydroxyl groups excluding tert-OH is 1. The number of ketones is 1. The van der Waals surface area contributed by atoms with Crippen molar-refractivity contribution in [2.75, 3.05) is 19.8 Å². The molecule has 0 saturated carbocycles. The summed E-state index contributed by atoms with van der Waals surface area (Å²) in [6.45, 7) is 4.72. The van der Waals surface area contributed by atoms with Gasteiger partial charge in [0.25, 0.3) is 0 Å². The second kappa shape index (κ2) is 7.09. The number of Topliss-reactive ketones (excluding diaryl/α,β-unsaturated/α-hetero) is 1. The molecule has 0 fully saturated rings. The van der Waals surface area contributed by atoms with Crippen LogP contribution in [0.4, 0.5) is 0 Å². The number of hydrogen-bond acceptors (Lipinski definition) is 7. The Morgan fingerprint density at radius 1 is 1.42 bits per heavy atom. The molecule has 8 nitrogen and oxygen atoms in total. The van der Waals surface area contributed by atoms with Crippen molar-refractivity contribution in [1.82, 2.24) is 9.29 Å². The Morgan fingerprint density at radius 2 is 2.12 bits per heavy atom. The fourth-order valence-electron chi connectivity index (χ4n) is 1.95. The maximum Gasteiger partial charge on any atom is 0.345 e. The summed E-state index contributed by atoms with van der Waals surface area (Å²) >= 11 is 1.21. The van der Waals surface area contributed by atoms with Crippen LogP contribution in [0.5, 0.6) is 0 Å². The quantitative estimate of drug-likeness (QED) is 0.788. The highest BCUT2D eigenvalue weighted by Gasteiger charge is 2.33. The van der Waals surface area contributed by atoms with Gasteiger partial charge in [-0.1, -0.05) is 0 Å². The summed E-state index contributed by atoms with van der Waals surface area (Å²) in [6, 6.07) is 0. The molecule has 132 valence electrons. The van der Waals surface area contributed by atoms with Crippen molar-refractivity contribution in [2.24, 2.45) is 4.40 Å². The predicted octanol–water partition coefficient (Wildman–Crippen LogP) is 0.753. The Bertz CT molecular complexity index is 761. The minimum Gasteiger partial charge on any atom is -0.388 e. The van der Waals surface area contributed by atoms with Crippen LogP contribution in [0.25, 0.3) is 0 Å². The van der Waals surface area contributed by atoms with Crippen LogP contribution in [0.2, 0.25) is 0 Å². The molecule has 10 heteroatoms. The van der Waals surface area contributed by atoms with Gasteiger partial charge in [0.1, 0.15) is 23.0 Å². The van der Waals surface area contributed by atoms with Gasteiger partial charge in [-0.15, -0.1) is 15.7 Å². The van der Waals surface area contributed by atoms with E-state index in [1.54, 1.807) is 5.38 Å². The highest BCUT2D eigenvalue weighted by atomic mass is 32.2. The maximum atomic E-state index is 12.5. The molecule has 0 unspecified atom stereocenters. The van der Waals surface area contributed by atoms with Gasteiger partial charge in [-0.2, -0.15) is 8.42 Å². The van der Waals surface area contributed by atoms with Crippen LogP contribution >= 0.6 is 11.3 Å². The first kappa shape index (κ1) is 18.7. The van der Waals surface area contributed by atoms with E-state index < -0.39 is 28.2 Å². The van der Waals surface area contributed by atoms with E-state index in [4.69, 9.17) is 9.84 Å². The van der Waals surface area contributed by atoms with Crippen molar-refractivity contribution in [3.8, 4) is 0 Å². The van der Waals surface area contributed by atoms with E-state index in [1.165, 1.54) is 23.6 Å². The lowest BCUT2D eigenvalue weighted by atomic mass is 10.2. The van der Waals surface area contributed by atoms with Gasteiger partial charge in [0.2, 0.25) is 5.78 Å². The zero-order valence-corrected chi connectivity index (χ0v) is 15.2. The predicted molar refractivity (Wildman–Crippen MR) is 90.2 cm³/mol. The zero-order chi connectivity index (χ0) is 18.0. The normalized spacial score (nSPS) is 17.4. The number of hydrogen-bond donors (Lipinski definition) is 1. The topological polar surface area (TPSA) is 109 Å². The first-order chi connectivity index (χ1) is 11.1. The summed E-state index contributed by atoms with van der Waals surface area (Å²) in [6.07, 6.45) is 2.84. The number of nitrogens with zero attached hydrogens (tertiary/aromatic N) is 3. The van der Waals surface area contributed by atoms with Crippen molar-refractivity contribution in [1.29, 1.82) is 0 Å². The third-order valence-electron chi connectivity index (χ3n) is 2.94.